The second kappa shape index (κ2) is 7.13. The van der Waals surface area contributed by atoms with Crippen LogP contribution in [-0.4, -0.2) is 59.6 Å². The van der Waals surface area contributed by atoms with E-state index in [0.29, 0.717) is 18.4 Å². The van der Waals surface area contributed by atoms with E-state index in [1.54, 1.807) is 0 Å². The van der Waals surface area contributed by atoms with E-state index in [-0.39, 0.29) is 17.4 Å². The number of fused-ring (bicyclic) bond motifs is 2. The molecule has 1 saturated carbocycles. The molecule has 6 nitrogen and oxygen atoms in total. The van der Waals surface area contributed by atoms with E-state index >= 15 is 0 Å². The number of ether oxygens (including phenoxy) is 1. The van der Waals surface area contributed by atoms with Crippen molar-refractivity contribution in [3.8, 4) is 0 Å². The van der Waals surface area contributed by atoms with Gasteiger partial charge in [-0.25, -0.2) is 4.98 Å². The first-order valence-electron chi connectivity index (χ1n) is 11.2. The minimum Gasteiger partial charge on any atom is -0.444 e. The first kappa shape index (κ1) is 18.6. The standard InChI is InChI=1S/C22H33N3O3/c1-3-27-20(15-8-9-15)21(26)25-11-16-10-24(13-22(16,2)14-25)12-19-23-17-6-4-5-7-18(17)28-19/h15-16,20H,3-14H2,1-2H3/t16-,20?,22+/m0/s1. The number of aromatic nitrogens is 1. The zero-order valence-electron chi connectivity index (χ0n) is 17.3. The van der Waals surface area contributed by atoms with Crippen molar-refractivity contribution in [2.45, 2.75) is 65.0 Å². The lowest BCUT2D eigenvalue weighted by Gasteiger charge is -2.27. The van der Waals surface area contributed by atoms with Crippen LogP contribution in [0.3, 0.4) is 0 Å². The van der Waals surface area contributed by atoms with Crippen molar-refractivity contribution in [2.75, 3.05) is 32.8 Å². The highest BCUT2D eigenvalue weighted by atomic mass is 16.5. The summed E-state index contributed by atoms with van der Waals surface area (Å²) in [6.45, 7) is 9.51. The number of aryl methyl sites for hydroxylation is 2. The van der Waals surface area contributed by atoms with E-state index in [4.69, 9.17) is 14.1 Å². The summed E-state index contributed by atoms with van der Waals surface area (Å²) >= 11 is 0. The molecule has 0 radical (unpaired) electrons. The van der Waals surface area contributed by atoms with E-state index in [9.17, 15) is 4.79 Å². The van der Waals surface area contributed by atoms with Gasteiger partial charge in [-0.05, 0) is 50.9 Å². The second-order valence-corrected chi connectivity index (χ2v) is 9.64. The molecular weight excluding hydrogens is 354 g/mol. The van der Waals surface area contributed by atoms with Gasteiger partial charge in [-0.1, -0.05) is 6.92 Å². The molecule has 3 heterocycles. The maximum absolute atomic E-state index is 13.0. The number of rotatable bonds is 6. The van der Waals surface area contributed by atoms with Crippen LogP contribution in [0.4, 0.5) is 0 Å². The molecule has 28 heavy (non-hydrogen) atoms. The van der Waals surface area contributed by atoms with E-state index in [1.807, 2.05) is 6.92 Å². The summed E-state index contributed by atoms with van der Waals surface area (Å²) < 4.78 is 11.9. The number of hydrogen-bond donors (Lipinski definition) is 0. The van der Waals surface area contributed by atoms with Crippen molar-refractivity contribution in [3.05, 3.63) is 17.3 Å². The van der Waals surface area contributed by atoms with Crippen LogP contribution in [0.25, 0.3) is 0 Å². The number of carbonyl (C=O) groups is 1. The van der Waals surface area contributed by atoms with Gasteiger partial charge in [0.1, 0.15) is 11.9 Å². The quantitative estimate of drug-likeness (QED) is 0.751. The van der Waals surface area contributed by atoms with Crippen LogP contribution in [0.1, 0.15) is 56.9 Å². The Kier molecular flexibility index (Phi) is 4.74. The van der Waals surface area contributed by atoms with Crippen molar-refractivity contribution in [3.63, 3.8) is 0 Å². The summed E-state index contributed by atoms with van der Waals surface area (Å²) in [5.74, 6) is 3.21. The molecule has 0 aromatic carbocycles. The fraction of sp³-hybridized carbons (Fsp3) is 0.818. The highest BCUT2D eigenvalue weighted by molar-refractivity contribution is 5.82. The molecule has 154 valence electrons. The van der Waals surface area contributed by atoms with Crippen molar-refractivity contribution in [1.29, 1.82) is 0 Å². The maximum Gasteiger partial charge on any atom is 0.252 e. The molecule has 6 heteroatoms. The largest absolute Gasteiger partial charge is 0.444 e. The van der Waals surface area contributed by atoms with Crippen LogP contribution in [-0.2, 0) is 28.9 Å². The average molecular weight is 388 g/mol. The molecule has 0 spiro atoms. The third-order valence-electron chi connectivity index (χ3n) is 7.24. The third-order valence-corrected chi connectivity index (χ3v) is 7.24. The molecule has 1 aromatic heterocycles. The number of likely N-dealkylation sites (tertiary alicyclic amines) is 2. The first-order valence-corrected chi connectivity index (χ1v) is 11.2. The van der Waals surface area contributed by atoms with Gasteiger partial charge in [0.05, 0.1) is 12.2 Å². The van der Waals surface area contributed by atoms with Gasteiger partial charge in [0, 0.05) is 44.6 Å². The Balaban J connectivity index is 1.20. The van der Waals surface area contributed by atoms with Crippen LogP contribution < -0.4 is 0 Å². The smallest absolute Gasteiger partial charge is 0.252 e. The molecule has 0 bridgehead atoms. The lowest BCUT2D eigenvalue weighted by Crippen LogP contribution is -2.42. The first-order chi connectivity index (χ1) is 13.6. The minimum atomic E-state index is -0.206. The lowest BCUT2D eigenvalue weighted by molar-refractivity contribution is -0.144. The van der Waals surface area contributed by atoms with Crippen LogP contribution >= 0.6 is 0 Å². The number of nitrogens with zero attached hydrogens (tertiary/aromatic N) is 3. The van der Waals surface area contributed by atoms with Gasteiger partial charge in [0.2, 0.25) is 5.89 Å². The topological polar surface area (TPSA) is 58.8 Å². The monoisotopic (exact) mass is 387 g/mol. The maximum atomic E-state index is 13.0. The van der Waals surface area contributed by atoms with E-state index in [2.05, 4.69) is 16.7 Å². The van der Waals surface area contributed by atoms with Gasteiger partial charge in [0.15, 0.2) is 0 Å². The summed E-state index contributed by atoms with van der Waals surface area (Å²) in [5, 5.41) is 0. The van der Waals surface area contributed by atoms with E-state index < -0.39 is 0 Å². The lowest BCUT2D eigenvalue weighted by atomic mass is 9.83. The van der Waals surface area contributed by atoms with E-state index in [0.717, 1.165) is 70.1 Å². The normalized spacial score (nSPS) is 31.1. The predicted octanol–water partition coefficient (Wildman–Crippen LogP) is 2.65. The van der Waals surface area contributed by atoms with Gasteiger partial charge in [-0.15, -0.1) is 0 Å². The summed E-state index contributed by atoms with van der Waals surface area (Å²) in [6.07, 6.45) is 6.63. The van der Waals surface area contributed by atoms with Crippen LogP contribution in [0.5, 0.6) is 0 Å². The number of carbonyl (C=O) groups excluding carboxylic acids is 1. The third kappa shape index (κ3) is 3.39. The zero-order chi connectivity index (χ0) is 19.3. The van der Waals surface area contributed by atoms with Gasteiger partial charge < -0.3 is 14.1 Å². The van der Waals surface area contributed by atoms with Crippen LogP contribution in [0, 0.1) is 17.3 Å². The van der Waals surface area contributed by atoms with Gasteiger partial charge in [-0.3, -0.25) is 9.69 Å². The average Bonchev–Trinajstić information content (AvgIpc) is 3.24. The van der Waals surface area contributed by atoms with Gasteiger partial charge in [0.25, 0.3) is 5.91 Å². The molecule has 1 amide bonds. The summed E-state index contributed by atoms with van der Waals surface area (Å²) in [6, 6.07) is 0. The molecule has 0 N–H and O–H groups in total. The van der Waals surface area contributed by atoms with Crippen molar-refractivity contribution in [2.24, 2.45) is 17.3 Å². The zero-order valence-corrected chi connectivity index (χ0v) is 17.3. The van der Waals surface area contributed by atoms with Crippen LogP contribution in [0.15, 0.2) is 4.42 Å². The summed E-state index contributed by atoms with van der Waals surface area (Å²) in [4.78, 5) is 22.4. The highest BCUT2D eigenvalue weighted by Gasteiger charge is 2.52. The Hall–Kier alpha value is -1.40. The Morgan fingerprint density at radius 1 is 1.29 bits per heavy atom. The van der Waals surface area contributed by atoms with Crippen molar-refractivity contribution in [1.82, 2.24) is 14.8 Å². The molecule has 1 unspecified atom stereocenters. The molecule has 3 atom stereocenters. The Bertz CT molecular complexity index is 720. The molecule has 5 rings (SSSR count). The molecule has 2 saturated heterocycles. The molecule has 3 fully saturated rings. The fourth-order valence-corrected chi connectivity index (χ4v) is 5.58. The molecular formula is C22H33N3O3. The van der Waals surface area contributed by atoms with Gasteiger partial charge in [-0.2, -0.15) is 0 Å². The number of oxazole rings is 1. The predicted molar refractivity (Wildman–Crippen MR) is 105 cm³/mol. The molecule has 2 aliphatic carbocycles. The SMILES string of the molecule is CCOC(C(=O)N1C[C@@H]2CN(Cc3nc4c(o3)CCCC4)C[C@]2(C)C1)C1CC1. The molecule has 4 aliphatic rings. The highest BCUT2D eigenvalue weighted by Crippen LogP contribution is 2.44. The second-order valence-electron chi connectivity index (χ2n) is 9.64. The Morgan fingerprint density at radius 3 is 2.82 bits per heavy atom. The number of amides is 1. The van der Waals surface area contributed by atoms with Crippen LogP contribution in [0.2, 0.25) is 0 Å². The Labute approximate surface area is 167 Å². The summed E-state index contributed by atoms with van der Waals surface area (Å²) in [7, 11) is 0. The number of hydrogen-bond acceptors (Lipinski definition) is 5. The summed E-state index contributed by atoms with van der Waals surface area (Å²) in [5.41, 5.74) is 1.35. The van der Waals surface area contributed by atoms with Crippen molar-refractivity contribution >= 4 is 5.91 Å². The van der Waals surface area contributed by atoms with Crippen molar-refractivity contribution < 1.29 is 13.9 Å². The Morgan fingerprint density at radius 2 is 2.11 bits per heavy atom. The van der Waals surface area contributed by atoms with E-state index in [1.165, 1.54) is 18.5 Å². The molecule has 2 aliphatic heterocycles. The minimum absolute atomic E-state index is 0.169. The molecule has 1 aromatic rings. The van der Waals surface area contributed by atoms with Gasteiger partial charge >= 0.3 is 0 Å². The fourth-order valence-electron chi connectivity index (χ4n) is 5.58.